The number of para-hydroxylation sites is 2. The number of ether oxygens (including phenoxy) is 1. The Balaban J connectivity index is 1.88. The molecule has 0 aromatic heterocycles. The molecule has 22 heavy (non-hydrogen) atoms. The Hall–Kier alpha value is -2.33. The Kier molecular flexibility index (Phi) is 4.39. The monoisotopic (exact) mass is 315 g/mol. The van der Waals surface area contributed by atoms with E-state index in [0.717, 1.165) is 16.7 Å². The van der Waals surface area contributed by atoms with Crippen LogP contribution in [-0.2, 0) is 11.8 Å². The van der Waals surface area contributed by atoms with Gasteiger partial charge in [-0.3, -0.25) is 0 Å². The van der Waals surface area contributed by atoms with Crippen LogP contribution < -0.4 is 4.74 Å². The number of halogens is 2. The molecule has 4 heteroatoms. The van der Waals surface area contributed by atoms with Gasteiger partial charge in [-0.2, -0.15) is 0 Å². The Bertz CT molecular complexity index is 755. The zero-order valence-corrected chi connectivity index (χ0v) is 12.4. The van der Waals surface area contributed by atoms with Crippen molar-refractivity contribution in [3.63, 3.8) is 0 Å². The van der Waals surface area contributed by atoms with Crippen LogP contribution in [0.5, 0.6) is 11.5 Å². The summed E-state index contributed by atoms with van der Waals surface area (Å²) in [7, 11) is 0. The molecule has 0 aliphatic rings. The Labute approximate surface area is 131 Å². The molecule has 0 saturated heterocycles. The van der Waals surface area contributed by atoms with E-state index in [1.807, 2.05) is 54.6 Å². The molecule has 0 heterocycles. The van der Waals surface area contributed by atoms with Crippen molar-refractivity contribution in [3.8, 4) is 11.5 Å². The summed E-state index contributed by atoms with van der Waals surface area (Å²) in [5.41, 5.74) is 0. The second-order valence-electron chi connectivity index (χ2n) is 4.62. The van der Waals surface area contributed by atoms with E-state index in [1.165, 1.54) is 12.1 Å². The van der Waals surface area contributed by atoms with Crippen LogP contribution in [0, 0.1) is 11.6 Å². The third-order valence-electron chi connectivity index (χ3n) is 2.93. The average Bonchev–Trinajstić information content (AvgIpc) is 2.49. The van der Waals surface area contributed by atoms with Gasteiger partial charge in [0.15, 0.2) is 10.6 Å². The molecule has 0 aliphatic carbocycles. The first-order chi connectivity index (χ1) is 10.7. The maximum absolute atomic E-state index is 13.3. The fourth-order valence-corrected chi connectivity index (χ4v) is 3.04. The minimum atomic E-state index is -0.580. The van der Waals surface area contributed by atoms with Gasteiger partial charge >= 0.3 is 0 Å². The lowest BCUT2D eigenvalue weighted by atomic mass is 10.3. The van der Waals surface area contributed by atoms with Crippen molar-refractivity contribution >= 4 is 11.8 Å². The molecule has 0 unspecified atom stereocenters. The van der Waals surface area contributed by atoms with Gasteiger partial charge in [0.05, 0.1) is 11.8 Å². The van der Waals surface area contributed by atoms with Crippen molar-refractivity contribution < 1.29 is 13.5 Å². The molecule has 0 amide bonds. The highest BCUT2D eigenvalue weighted by molar-refractivity contribution is 7.78. The van der Waals surface area contributed by atoms with Crippen molar-refractivity contribution in [2.24, 2.45) is 0 Å². The molecule has 3 rings (SSSR count). The molecule has 110 valence electrons. The third kappa shape index (κ3) is 3.65. The normalized spacial score (nSPS) is 10.5. The first kappa shape index (κ1) is 14.6. The lowest BCUT2D eigenvalue weighted by Crippen LogP contribution is -1.93. The van der Waals surface area contributed by atoms with Gasteiger partial charge in [-0.15, -0.1) is 0 Å². The third-order valence-corrected chi connectivity index (χ3v) is 4.06. The largest absolute Gasteiger partial charge is 0.452 e. The van der Waals surface area contributed by atoms with Crippen LogP contribution in [0.1, 0.15) is 0 Å². The summed E-state index contributed by atoms with van der Waals surface area (Å²) in [5, 5.41) is 0. The summed E-state index contributed by atoms with van der Waals surface area (Å²) in [6.45, 7) is 0. The van der Waals surface area contributed by atoms with Crippen LogP contribution in [0.3, 0.4) is 0 Å². The van der Waals surface area contributed by atoms with Crippen molar-refractivity contribution in [1.29, 1.82) is 0 Å². The summed E-state index contributed by atoms with van der Waals surface area (Å²) in [6.07, 6.45) is 0. The molecule has 3 aromatic rings. The van der Waals surface area contributed by atoms with Crippen LogP contribution in [0.2, 0.25) is 0 Å². The van der Waals surface area contributed by atoms with E-state index in [4.69, 9.17) is 4.74 Å². The summed E-state index contributed by atoms with van der Waals surface area (Å²) in [5.74, 6) is 0.225. The molecule has 0 saturated carbocycles. The predicted octanol–water partition coefficient (Wildman–Crippen LogP) is 4.99. The number of benzene rings is 3. The highest BCUT2D eigenvalue weighted by Crippen LogP contribution is 2.28. The highest BCUT2D eigenvalue weighted by Gasteiger charge is 2.16. The predicted molar refractivity (Wildman–Crippen MR) is 84.6 cm³/mol. The fourth-order valence-electron chi connectivity index (χ4n) is 1.99. The maximum atomic E-state index is 13.3. The quantitative estimate of drug-likeness (QED) is 0.487. The van der Waals surface area contributed by atoms with Crippen molar-refractivity contribution in [2.45, 2.75) is 9.79 Å². The summed E-state index contributed by atoms with van der Waals surface area (Å²) < 4.78 is 32.5. The summed E-state index contributed by atoms with van der Waals surface area (Å²) >= 11 is 0.686. The van der Waals surface area contributed by atoms with Gasteiger partial charge in [0.1, 0.15) is 17.4 Å². The van der Waals surface area contributed by atoms with Crippen LogP contribution >= 0.6 is 0 Å². The van der Waals surface area contributed by atoms with Gasteiger partial charge in [-0.05, 0) is 24.3 Å². The van der Waals surface area contributed by atoms with Gasteiger partial charge in [-0.25, -0.2) is 8.78 Å². The van der Waals surface area contributed by atoms with Crippen LogP contribution in [0.4, 0.5) is 8.78 Å². The molecule has 0 atom stereocenters. The van der Waals surface area contributed by atoms with Gasteiger partial charge < -0.3 is 4.74 Å². The molecule has 0 aliphatic heterocycles. The molecule has 1 nitrogen and oxygen atoms in total. The van der Waals surface area contributed by atoms with E-state index in [1.54, 1.807) is 0 Å². The van der Waals surface area contributed by atoms with E-state index in [9.17, 15) is 8.78 Å². The van der Waals surface area contributed by atoms with Gasteiger partial charge in [0.2, 0.25) is 4.90 Å². The number of thiol groups is 1. The Morgan fingerprint density at radius 3 is 2.09 bits per heavy atom. The van der Waals surface area contributed by atoms with Crippen molar-refractivity contribution in [3.05, 3.63) is 84.4 Å². The molecule has 0 bridgehead atoms. The Morgan fingerprint density at radius 1 is 0.727 bits per heavy atom. The van der Waals surface area contributed by atoms with E-state index in [0.29, 0.717) is 22.4 Å². The molecule has 0 fully saturated rings. The number of rotatable bonds is 4. The van der Waals surface area contributed by atoms with Crippen LogP contribution in [-0.4, -0.2) is 0 Å². The minimum Gasteiger partial charge on any atom is -0.452 e. The van der Waals surface area contributed by atoms with Gasteiger partial charge in [0.25, 0.3) is 0 Å². The first-order valence-electron chi connectivity index (χ1n) is 6.70. The molecular formula is C18H13F2OS+. The zero-order chi connectivity index (χ0) is 15.4. The second kappa shape index (κ2) is 6.62. The molecule has 0 radical (unpaired) electrons. The first-order valence-corrected chi connectivity index (χ1v) is 7.60. The SMILES string of the molecule is Fc1cc(F)cc([SH+]c2ccccc2Oc2ccccc2)c1. The zero-order valence-electron chi connectivity index (χ0n) is 11.5. The number of hydrogen-bond acceptors (Lipinski definition) is 1. The molecule has 0 spiro atoms. The maximum Gasteiger partial charge on any atom is 0.200 e. The molecule has 0 N–H and O–H groups in total. The molecule has 3 aromatic carbocycles. The minimum absolute atomic E-state index is 0.543. The topological polar surface area (TPSA) is 9.23 Å². The van der Waals surface area contributed by atoms with E-state index in [-0.39, 0.29) is 0 Å². The van der Waals surface area contributed by atoms with Crippen molar-refractivity contribution in [1.82, 2.24) is 0 Å². The fraction of sp³-hybridized carbons (Fsp3) is 0. The molecular weight excluding hydrogens is 302 g/mol. The lowest BCUT2D eigenvalue weighted by molar-refractivity contribution is 0.471. The van der Waals surface area contributed by atoms with Gasteiger partial charge in [0, 0.05) is 18.2 Å². The standard InChI is InChI=1S/C18H12F2OS/c19-13-10-14(20)12-16(11-13)22-18-9-5-4-8-17(18)21-15-6-2-1-3-7-15/h1-12H/p+1. The van der Waals surface area contributed by atoms with Crippen LogP contribution in [0.25, 0.3) is 0 Å². The second-order valence-corrected chi connectivity index (χ2v) is 5.84. The van der Waals surface area contributed by atoms with E-state index < -0.39 is 11.6 Å². The summed E-state index contributed by atoms with van der Waals surface area (Å²) in [6, 6.07) is 20.4. The summed E-state index contributed by atoms with van der Waals surface area (Å²) in [4.78, 5) is 1.39. The van der Waals surface area contributed by atoms with Gasteiger partial charge in [-0.1, -0.05) is 30.3 Å². The average molecular weight is 315 g/mol. The van der Waals surface area contributed by atoms with Crippen LogP contribution in [0.15, 0.2) is 82.6 Å². The number of hydrogen-bond donors (Lipinski definition) is 0. The smallest absolute Gasteiger partial charge is 0.200 e. The highest BCUT2D eigenvalue weighted by atomic mass is 32.2. The van der Waals surface area contributed by atoms with E-state index >= 15 is 0 Å². The van der Waals surface area contributed by atoms with E-state index in [2.05, 4.69) is 0 Å². The van der Waals surface area contributed by atoms with Crippen molar-refractivity contribution in [2.75, 3.05) is 0 Å². The lowest BCUT2D eigenvalue weighted by Gasteiger charge is -2.06. The Morgan fingerprint density at radius 2 is 1.36 bits per heavy atom.